The van der Waals surface area contributed by atoms with Crippen molar-refractivity contribution in [2.24, 2.45) is 0 Å². The predicted octanol–water partition coefficient (Wildman–Crippen LogP) is 22.1. The minimum absolute atomic E-state index is 0.0314. The molecule has 0 radical (unpaired) electrons. The third kappa shape index (κ3) is 71.6. The largest absolute Gasteiger partial charge is 0.472 e. The highest BCUT2D eigenvalue weighted by molar-refractivity contribution is 7.47. The van der Waals surface area contributed by atoms with Gasteiger partial charge in [-0.25, -0.2) is 9.13 Å². The van der Waals surface area contributed by atoms with Gasteiger partial charge in [0.15, 0.2) is 12.2 Å². The van der Waals surface area contributed by atoms with Crippen molar-refractivity contribution in [3.8, 4) is 0 Å². The van der Waals surface area contributed by atoms with Crippen LogP contribution < -0.4 is 0 Å². The predicted molar refractivity (Wildman–Crippen MR) is 408 cm³/mol. The molecule has 5 unspecified atom stereocenters. The Morgan fingerprint density at radius 3 is 0.920 bits per heavy atom. The summed E-state index contributed by atoms with van der Waals surface area (Å²) in [5.74, 6) is -2.33. The Balaban J connectivity index is 5.41. The van der Waals surface area contributed by atoms with Gasteiger partial charge in [0.1, 0.15) is 19.3 Å². The first kappa shape index (κ1) is 95.2. The second kappa shape index (κ2) is 72.5. The summed E-state index contributed by atoms with van der Waals surface area (Å²) in [4.78, 5) is 72.8. The Kier molecular flexibility index (Phi) is 69.1. The molecule has 0 heterocycles. The minimum Gasteiger partial charge on any atom is -0.462 e. The third-order valence-corrected chi connectivity index (χ3v) is 17.5. The number of unbranched alkanes of at least 4 members (excludes halogenated alkanes) is 23. The highest BCUT2D eigenvalue weighted by Gasteiger charge is 2.30. The standard InChI is InChI=1S/C81H136O17P2/c1-5-9-13-17-21-25-29-32-35-36-37-38-41-43-47-50-54-58-62-66-79(84)91-71-76(97-80(85)67-63-59-55-51-45-28-24-20-16-12-8-4)73-95-99(87,88)93-69-75(82)70-94-100(89,90)96-74-77(98-81(86)68-64-60-56-52-48-44-40-34-31-27-23-19-15-11-7-3)72-92-78(83)65-61-57-53-49-46-42-39-33-30-26-22-18-14-10-6-2/h9-10,13-14,20-22,24-26,32-33,35,37-39,43,46-47,49,54,58,75-77,82H,5-8,11-12,15-19,23,27-31,34,36,40-42,44-45,48,50-53,55-57,59-74H2,1-4H3,(H,87,88)(H,89,90)/b13-9-,14-10-,24-20-,25-21-,26-22-,35-32-,38-37-,39-33-,47-43-,49-46-,58-54-. The Labute approximate surface area is 605 Å². The molecule has 5 atom stereocenters. The number of aliphatic hydroxyl groups excluding tert-OH is 1. The zero-order valence-corrected chi connectivity index (χ0v) is 64.1. The molecule has 0 bridgehead atoms. The van der Waals surface area contributed by atoms with E-state index in [0.717, 1.165) is 135 Å². The van der Waals surface area contributed by atoms with Crippen LogP contribution in [-0.4, -0.2) is 96.7 Å². The van der Waals surface area contributed by atoms with Gasteiger partial charge in [-0.3, -0.25) is 37.3 Å². The molecule has 0 aromatic carbocycles. The van der Waals surface area contributed by atoms with Crippen LogP contribution in [0.5, 0.6) is 0 Å². The second-order valence-corrected chi connectivity index (χ2v) is 28.1. The van der Waals surface area contributed by atoms with Crippen LogP contribution in [0.4, 0.5) is 0 Å². The van der Waals surface area contributed by atoms with Gasteiger partial charge in [0, 0.05) is 25.7 Å². The van der Waals surface area contributed by atoms with Gasteiger partial charge in [-0.15, -0.1) is 0 Å². The lowest BCUT2D eigenvalue weighted by Crippen LogP contribution is -2.30. The summed E-state index contributed by atoms with van der Waals surface area (Å²) in [5.41, 5.74) is 0. The molecule has 0 rings (SSSR count). The summed E-state index contributed by atoms with van der Waals surface area (Å²) in [5, 5.41) is 10.6. The number of hydrogen-bond acceptors (Lipinski definition) is 15. The molecule has 19 heteroatoms. The topological polar surface area (TPSA) is 237 Å². The van der Waals surface area contributed by atoms with Gasteiger partial charge in [-0.1, -0.05) is 283 Å². The summed E-state index contributed by atoms with van der Waals surface area (Å²) < 4.78 is 68.3. The lowest BCUT2D eigenvalue weighted by atomic mass is 10.0. The highest BCUT2D eigenvalue weighted by atomic mass is 31.2. The van der Waals surface area contributed by atoms with Crippen LogP contribution >= 0.6 is 15.6 Å². The van der Waals surface area contributed by atoms with Crippen LogP contribution in [0.1, 0.15) is 297 Å². The normalized spacial score (nSPS) is 14.7. The van der Waals surface area contributed by atoms with E-state index < -0.39 is 97.5 Å². The Morgan fingerprint density at radius 1 is 0.290 bits per heavy atom. The van der Waals surface area contributed by atoms with Crippen molar-refractivity contribution in [3.05, 3.63) is 134 Å². The zero-order valence-electron chi connectivity index (χ0n) is 62.3. The van der Waals surface area contributed by atoms with Crippen LogP contribution in [-0.2, 0) is 65.4 Å². The number of aliphatic hydroxyl groups is 1. The summed E-state index contributed by atoms with van der Waals surface area (Å²) in [6.45, 7) is 4.46. The Morgan fingerprint density at radius 2 is 0.550 bits per heavy atom. The molecule has 17 nitrogen and oxygen atoms in total. The summed E-state index contributed by atoms with van der Waals surface area (Å²) >= 11 is 0. The molecular weight excluding hydrogens is 1310 g/mol. The van der Waals surface area contributed by atoms with Crippen molar-refractivity contribution >= 4 is 39.5 Å². The molecule has 0 aromatic heterocycles. The molecule has 100 heavy (non-hydrogen) atoms. The van der Waals surface area contributed by atoms with Crippen LogP contribution in [0, 0.1) is 0 Å². The number of rotatable bonds is 71. The molecule has 0 spiro atoms. The average molecular weight is 1440 g/mol. The van der Waals surface area contributed by atoms with Gasteiger partial charge in [-0.2, -0.15) is 0 Å². The number of ether oxygens (including phenoxy) is 4. The molecule has 0 fully saturated rings. The number of hydrogen-bond donors (Lipinski definition) is 3. The van der Waals surface area contributed by atoms with E-state index in [1.807, 2.05) is 18.2 Å². The molecule has 0 aliphatic carbocycles. The van der Waals surface area contributed by atoms with E-state index in [4.69, 9.17) is 37.0 Å². The average Bonchev–Trinajstić information content (AvgIpc) is 0.953. The van der Waals surface area contributed by atoms with E-state index in [2.05, 4.69) is 143 Å². The van der Waals surface area contributed by atoms with Gasteiger partial charge in [0.05, 0.1) is 26.4 Å². The minimum atomic E-state index is -4.99. The number of carbonyl (C=O) groups is 4. The number of allylic oxidation sites excluding steroid dienone is 22. The molecule has 0 amide bonds. The lowest BCUT2D eigenvalue weighted by Gasteiger charge is -2.21. The maximum absolute atomic E-state index is 13.1. The van der Waals surface area contributed by atoms with Gasteiger partial charge < -0.3 is 33.8 Å². The molecule has 572 valence electrons. The molecule has 0 saturated heterocycles. The van der Waals surface area contributed by atoms with Crippen LogP contribution in [0.25, 0.3) is 0 Å². The molecule has 0 saturated carbocycles. The smallest absolute Gasteiger partial charge is 0.462 e. The Bertz CT molecular complexity index is 2420. The van der Waals surface area contributed by atoms with Gasteiger partial charge in [0.2, 0.25) is 0 Å². The fourth-order valence-corrected chi connectivity index (χ4v) is 11.4. The van der Waals surface area contributed by atoms with Gasteiger partial charge in [-0.05, 0) is 122 Å². The SMILES string of the molecule is CC/C=C\C/C=C\C/C=C\C/C=C\C/C=C\C/C=C\CCC(=O)OCC(COP(=O)(O)OCC(O)COP(=O)(O)OCC(COC(=O)CCCC/C=C\C/C=C\C/C=C\C/C=C\CC)OC(=O)CCCCCCCCCCCCCCCCC)OC(=O)CCCCCCC/C=C\CCCC. The zero-order chi connectivity index (χ0) is 73.2. The van der Waals surface area contributed by atoms with E-state index in [1.54, 1.807) is 0 Å². The molecule has 0 aromatic rings. The van der Waals surface area contributed by atoms with E-state index in [1.165, 1.54) is 77.0 Å². The molecule has 0 aliphatic heterocycles. The highest BCUT2D eigenvalue weighted by Crippen LogP contribution is 2.45. The first-order valence-corrected chi connectivity index (χ1v) is 41.4. The van der Waals surface area contributed by atoms with Crippen molar-refractivity contribution in [2.75, 3.05) is 39.6 Å². The van der Waals surface area contributed by atoms with E-state index >= 15 is 0 Å². The van der Waals surface area contributed by atoms with Crippen molar-refractivity contribution < 1.29 is 80.2 Å². The fraction of sp³-hybridized carbons (Fsp3) is 0.679. The number of esters is 4. The Hall–Kier alpha value is -4.80. The molecular formula is C81H136O17P2. The third-order valence-electron chi connectivity index (χ3n) is 15.6. The van der Waals surface area contributed by atoms with Gasteiger partial charge in [0.25, 0.3) is 0 Å². The number of phosphoric acid groups is 2. The second-order valence-electron chi connectivity index (χ2n) is 25.2. The maximum Gasteiger partial charge on any atom is 0.472 e. The first-order chi connectivity index (χ1) is 48.7. The van der Waals surface area contributed by atoms with E-state index in [0.29, 0.717) is 32.1 Å². The molecule has 3 N–H and O–H groups in total. The lowest BCUT2D eigenvalue weighted by molar-refractivity contribution is -0.161. The summed E-state index contributed by atoms with van der Waals surface area (Å²) in [7, 11) is -9.98. The van der Waals surface area contributed by atoms with Crippen molar-refractivity contribution in [2.45, 2.75) is 316 Å². The quantitative estimate of drug-likeness (QED) is 0.0169. The van der Waals surface area contributed by atoms with Crippen LogP contribution in [0.3, 0.4) is 0 Å². The summed E-state index contributed by atoms with van der Waals surface area (Å²) in [6, 6.07) is 0. The summed E-state index contributed by atoms with van der Waals surface area (Å²) in [6.07, 6.45) is 80.4. The van der Waals surface area contributed by atoms with Crippen LogP contribution in [0.2, 0.25) is 0 Å². The van der Waals surface area contributed by atoms with E-state index in [9.17, 15) is 43.2 Å². The fourth-order valence-electron chi connectivity index (χ4n) is 9.81. The number of phosphoric ester groups is 2. The number of carbonyl (C=O) groups excluding carboxylic acids is 4. The van der Waals surface area contributed by atoms with Crippen LogP contribution in [0.15, 0.2) is 134 Å². The maximum atomic E-state index is 13.1. The van der Waals surface area contributed by atoms with Crippen molar-refractivity contribution in [1.29, 1.82) is 0 Å². The van der Waals surface area contributed by atoms with Crippen molar-refractivity contribution in [3.63, 3.8) is 0 Å². The molecule has 0 aliphatic rings. The monoisotopic (exact) mass is 1440 g/mol. The van der Waals surface area contributed by atoms with Gasteiger partial charge >= 0.3 is 39.5 Å². The van der Waals surface area contributed by atoms with Crippen molar-refractivity contribution in [1.82, 2.24) is 0 Å². The first-order valence-electron chi connectivity index (χ1n) is 38.4. The van der Waals surface area contributed by atoms with E-state index in [-0.39, 0.29) is 25.7 Å².